The molecular weight excluding hydrogens is 255 g/mol. The summed E-state index contributed by atoms with van der Waals surface area (Å²) >= 11 is -0.188. The van der Waals surface area contributed by atoms with E-state index in [1.807, 2.05) is 0 Å². The van der Waals surface area contributed by atoms with Crippen LogP contribution in [0.5, 0.6) is 5.75 Å². The molecule has 1 amide bonds. The highest BCUT2D eigenvalue weighted by molar-refractivity contribution is 8.00. The number of alkyl halides is 3. The van der Waals surface area contributed by atoms with Crippen LogP contribution < -0.4 is 10.1 Å². The van der Waals surface area contributed by atoms with Gasteiger partial charge in [0.05, 0.1) is 0 Å². The number of halogens is 3. The maximum absolute atomic E-state index is 11.7. The summed E-state index contributed by atoms with van der Waals surface area (Å²) in [4.78, 5) is 11.1. The van der Waals surface area contributed by atoms with Crippen molar-refractivity contribution >= 4 is 17.9 Å². The first-order chi connectivity index (χ1) is 7.97. The van der Waals surface area contributed by atoms with Crippen LogP contribution >= 0.6 is 11.8 Å². The number of thioether (sulfide) groups is 1. The van der Waals surface area contributed by atoms with Crippen LogP contribution in [0.15, 0.2) is 30.3 Å². The van der Waals surface area contributed by atoms with Crippen LogP contribution in [-0.2, 0) is 0 Å². The maximum atomic E-state index is 11.7. The Bertz CT molecular complexity index is 356. The Balaban J connectivity index is 2.18. The lowest BCUT2D eigenvalue weighted by molar-refractivity contribution is -0.0327. The Morgan fingerprint density at radius 1 is 1.29 bits per heavy atom. The Morgan fingerprint density at radius 3 is 2.53 bits per heavy atom. The molecule has 0 saturated heterocycles. The number of carbonyl (C=O) groups excluding carboxylic acids is 1. The molecule has 0 fully saturated rings. The van der Waals surface area contributed by atoms with Gasteiger partial charge in [0, 0.05) is 12.3 Å². The van der Waals surface area contributed by atoms with E-state index in [0.29, 0.717) is 5.75 Å². The molecule has 94 valence electrons. The number of nitrogens with one attached hydrogen (secondary N) is 1. The molecule has 0 aliphatic rings. The highest BCUT2D eigenvalue weighted by atomic mass is 32.2. The molecule has 0 atom stereocenters. The third kappa shape index (κ3) is 6.72. The van der Waals surface area contributed by atoms with Gasteiger partial charge in [-0.05, 0) is 23.9 Å². The Morgan fingerprint density at radius 2 is 1.94 bits per heavy atom. The smallest absolute Gasteiger partial charge is 0.410 e. The van der Waals surface area contributed by atoms with Gasteiger partial charge in [-0.2, -0.15) is 13.2 Å². The van der Waals surface area contributed by atoms with Gasteiger partial charge in [0.1, 0.15) is 5.75 Å². The summed E-state index contributed by atoms with van der Waals surface area (Å²) in [5.41, 5.74) is -4.27. The maximum Gasteiger partial charge on any atom is 0.441 e. The Kier molecular flexibility index (Phi) is 5.14. The predicted molar refractivity (Wildman–Crippen MR) is 59.0 cm³/mol. The molecule has 1 N–H and O–H groups in total. The molecule has 0 saturated carbocycles. The van der Waals surface area contributed by atoms with Crippen LogP contribution in [0.25, 0.3) is 0 Å². The fraction of sp³-hybridized carbons (Fsp3) is 0.300. The highest BCUT2D eigenvalue weighted by Crippen LogP contribution is 2.29. The van der Waals surface area contributed by atoms with E-state index in [0.717, 1.165) is 0 Å². The fourth-order valence-corrected chi connectivity index (χ4v) is 1.39. The van der Waals surface area contributed by atoms with Crippen molar-refractivity contribution in [3.63, 3.8) is 0 Å². The molecule has 1 rings (SSSR count). The Hall–Kier alpha value is -1.37. The molecule has 0 aromatic heterocycles. The van der Waals surface area contributed by atoms with Crippen LogP contribution in [0.3, 0.4) is 0 Å². The van der Waals surface area contributed by atoms with Gasteiger partial charge in [-0.1, -0.05) is 18.2 Å². The van der Waals surface area contributed by atoms with Crippen LogP contribution in [0.1, 0.15) is 0 Å². The molecule has 0 bridgehead atoms. The molecule has 0 heterocycles. The van der Waals surface area contributed by atoms with E-state index >= 15 is 0 Å². The van der Waals surface area contributed by atoms with Crippen molar-refractivity contribution < 1.29 is 22.7 Å². The van der Waals surface area contributed by atoms with Crippen LogP contribution in [-0.4, -0.2) is 23.9 Å². The van der Waals surface area contributed by atoms with Crippen molar-refractivity contribution in [1.29, 1.82) is 0 Å². The SMILES string of the molecule is O=C(NCCSC(F)(F)F)Oc1ccccc1. The van der Waals surface area contributed by atoms with Crippen molar-refractivity contribution in [3.05, 3.63) is 30.3 Å². The van der Waals surface area contributed by atoms with E-state index < -0.39 is 11.6 Å². The van der Waals surface area contributed by atoms with E-state index in [-0.39, 0.29) is 24.1 Å². The second-order valence-corrected chi connectivity index (χ2v) is 4.08. The number of carbonyl (C=O) groups is 1. The molecule has 0 aliphatic carbocycles. The van der Waals surface area contributed by atoms with Crippen molar-refractivity contribution in [2.24, 2.45) is 0 Å². The summed E-state index contributed by atoms with van der Waals surface area (Å²) in [7, 11) is 0. The summed E-state index contributed by atoms with van der Waals surface area (Å²) in [6, 6.07) is 8.27. The number of hydrogen-bond donors (Lipinski definition) is 1. The summed E-state index contributed by atoms with van der Waals surface area (Å²) in [6.07, 6.45) is -0.765. The minimum absolute atomic E-state index is 0.101. The standard InChI is InChI=1S/C10H10F3NO2S/c11-10(12,13)17-7-6-14-9(15)16-8-4-2-1-3-5-8/h1-5H,6-7H2,(H,14,15). The fourth-order valence-electron chi connectivity index (χ4n) is 0.952. The first-order valence-corrected chi connectivity index (χ1v) is 5.67. The van der Waals surface area contributed by atoms with Gasteiger partial charge >= 0.3 is 11.6 Å². The monoisotopic (exact) mass is 265 g/mol. The van der Waals surface area contributed by atoms with Gasteiger partial charge < -0.3 is 10.1 Å². The van der Waals surface area contributed by atoms with Gasteiger partial charge in [-0.25, -0.2) is 4.79 Å². The van der Waals surface area contributed by atoms with Gasteiger partial charge in [0.15, 0.2) is 0 Å². The lowest BCUT2D eigenvalue weighted by atomic mass is 10.3. The zero-order valence-corrected chi connectivity index (χ0v) is 9.48. The summed E-state index contributed by atoms with van der Waals surface area (Å²) in [5.74, 6) is 0.0985. The number of rotatable bonds is 4. The van der Waals surface area contributed by atoms with E-state index in [9.17, 15) is 18.0 Å². The van der Waals surface area contributed by atoms with Gasteiger partial charge in [-0.15, -0.1) is 0 Å². The first kappa shape index (κ1) is 13.7. The second-order valence-electron chi connectivity index (χ2n) is 2.92. The predicted octanol–water partition coefficient (Wildman–Crippen LogP) is 3.03. The molecule has 1 aromatic rings. The van der Waals surface area contributed by atoms with E-state index in [2.05, 4.69) is 5.32 Å². The summed E-state index contributed by atoms with van der Waals surface area (Å²) in [6.45, 7) is -0.101. The number of ether oxygens (including phenoxy) is 1. The topological polar surface area (TPSA) is 38.3 Å². The zero-order chi connectivity index (χ0) is 12.7. The largest absolute Gasteiger partial charge is 0.441 e. The highest BCUT2D eigenvalue weighted by Gasteiger charge is 2.27. The first-order valence-electron chi connectivity index (χ1n) is 4.69. The summed E-state index contributed by atoms with van der Waals surface area (Å²) < 4.78 is 40.0. The molecule has 1 aromatic carbocycles. The van der Waals surface area contributed by atoms with Crippen molar-refractivity contribution in [2.45, 2.75) is 5.51 Å². The average Bonchev–Trinajstić information content (AvgIpc) is 2.25. The molecule has 0 unspecified atom stereocenters. The molecule has 17 heavy (non-hydrogen) atoms. The molecule has 0 aliphatic heterocycles. The molecule has 3 nitrogen and oxygen atoms in total. The number of hydrogen-bond acceptors (Lipinski definition) is 3. The van der Waals surface area contributed by atoms with Gasteiger partial charge in [-0.3, -0.25) is 0 Å². The van der Waals surface area contributed by atoms with Crippen LogP contribution in [0, 0.1) is 0 Å². The van der Waals surface area contributed by atoms with E-state index in [1.165, 1.54) is 0 Å². The normalized spacial score (nSPS) is 11.0. The lowest BCUT2D eigenvalue weighted by Gasteiger charge is -2.07. The third-order valence-corrected chi connectivity index (χ3v) is 2.33. The number of benzene rings is 1. The second kappa shape index (κ2) is 6.39. The van der Waals surface area contributed by atoms with Crippen LogP contribution in [0.4, 0.5) is 18.0 Å². The van der Waals surface area contributed by atoms with Gasteiger partial charge in [0.25, 0.3) is 0 Å². The number of amides is 1. The molecule has 7 heteroatoms. The molecular formula is C10H10F3NO2S. The van der Waals surface area contributed by atoms with Crippen LogP contribution in [0.2, 0.25) is 0 Å². The van der Waals surface area contributed by atoms with Crippen molar-refractivity contribution in [2.75, 3.05) is 12.3 Å². The van der Waals surface area contributed by atoms with Crippen molar-refractivity contribution in [3.8, 4) is 5.75 Å². The van der Waals surface area contributed by atoms with E-state index in [1.54, 1.807) is 30.3 Å². The zero-order valence-electron chi connectivity index (χ0n) is 8.66. The third-order valence-electron chi connectivity index (χ3n) is 1.59. The lowest BCUT2D eigenvalue weighted by Crippen LogP contribution is -2.29. The number of para-hydroxylation sites is 1. The van der Waals surface area contributed by atoms with Crippen molar-refractivity contribution in [1.82, 2.24) is 5.32 Å². The molecule has 0 spiro atoms. The molecule has 0 radical (unpaired) electrons. The summed E-state index contributed by atoms with van der Waals surface area (Å²) in [5, 5.41) is 2.22. The Labute approximate surface area is 100 Å². The van der Waals surface area contributed by atoms with E-state index in [4.69, 9.17) is 4.74 Å². The minimum Gasteiger partial charge on any atom is -0.410 e. The van der Waals surface area contributed by atoms with Gasteiger partial charge in [0.2, 0.25) is 0 Å². The average molecular weight is 265 g/mol. The quantitative estimate of drug-likeness (QED) is 0.850. The minimum atomic E-state index is -4.27.